The van der Waals surface area contributed by atoms with Crippen molar-refractivity contribution in [2.75, 3.05) is 19.6 Å². The lowest BCUT2D eigenvalue weighted by atomic mass is 9.97. The van der Waals surface area contributed by atoms with Crippen LogP contribution in [0.4, 0.5) is 13.2 Å². The summed E-state index contributed by atoms with van der Waals surface area (Å²) in [5.74, 6) is -2.48. The molecule has 1 unspecified atom stereocenters. The Hall–Kier alpha value is -4.10. The first-order chi connectivity index (χ1) is 18.2. The fourth-order valence-corrected chi connectivity index (χ4v) is 4.44. The SMILES string of the molecule is O=C(O)[C@H]1CCCN(CC(O)c2ccc(-c3noc(-c4onc(-c5ccccn5)c4C(F)(F)F)n3)cc2)C1. The van der Waals surface area contributed by atoms with Gasteiger partial charge in [0, 0.05) is 24.8 Å². The fourth-order valence-electron chi connectivity index (χ4n) is 4.44. The molecule has 1 fully saturated rings. The standard InChI is InChI=1S/C25H22F3N5O5/c26-25(27,28)19-20(17-5-1-2-10-29-17)31-37-21(19)23-30-22(32-38-23)15-8-6-14(7-9-15)18(34)13-33-11-3-4-16(12-33)24(35)36/h1-2,5-10,16,18,34H,3-4,11-13H2,(H,35,36)/t16-,18?/m0/s1. The van der Waals surface area contributed by atoms with Crippen molar-refractivity contribution in [3.05, 3.63) is 59.8 Å². The lowest BCUT2D eigenvalue weighted by Gasteiger charge is -2.32. The van der Waals surface area contributed by atoms with Crippen molar-refractivity contribution >= 4 is 5.97 Å². The quantitative estimate of drug-likeness (QED) is 0.356. The lowest BCUT2D eigenvalue weighted by molar-refractivity contribution is -0.143. The molecule has 1 saturated heterocycles. The zero-order valence-electron chi connectivity index (χ0n) is 19.8. The van der Waals surface area contributed by atoms with Crippen LogP contribution in [-0.2, 0) is 11.0 Å². The molecule has 1 aromatic carbocycles. The van der Waals surface area contributed by atoms with Crippen LogP contribution in [-0.4, -0.2) is 61.0 Å². The van der Waals surface area contributed by atoms with Gasteiger partial charge < -0.3 is 19.3 Å². The van der Waals surface area contributed by atoms with Crippen LogP contribution < -0.4 is 0 Å². The van der Waals surface area contributed by atoms with Gasteiger partial charge in [0.05, 0.1) is 17.7 Å². The molecular formula is C25H22F3N5O5. The van der Waals surface area contributed by atoms with E-state index in [0.717, 1.165) is 6.42 Å². The van der Waals surface area contributed by atoms with E-state index in [1.807, 2.05) is 4.90 Å². The number of piperidine rings is 1. The molecule has 13 heteroatoms. The summed E-state index contributed by atoms with van der Waals surface area (Å²) in [5, 5.41) is 27.2. The zero-order chi connectivity index (χ0) is 26.9. The van der Waals surface area contributed by atoms with E-state index in [-0.39, 0.29) is 18.1 Å². The van der Waals surface area contributed by atoms with Crippen LogP contribution in [0.25, 0.3) is 34.4 Å². The summed E-state index contributed by atoms with van der Waals surface area (Å²) in [5.41, 5.74) is -0.656. The highest BCUT2D eigenvalue weighted by atomic mass is 19.4. The summed E-state index contributed by atoms with van der Waals surface area (Å²) in [6.07, 6.45) is -2.98. The maximum absolute atomic E-state index is 13.9. The van der Waals surface area contributed by atoms with Crippen LogP contribution in [0.3, 0.4) is 0 Å². The lowest BCUT2D eigenvalue weighted by Crippen LogP contribution is -2.40. The molecule has 4 aromatic rings. The third kappa shape index (κ3) is 5.29. The maximum Gasteiger partial charge on any atom is 0.422 e. The minimum absolute atomic E-state index is 0.0188. The molecule has 0 aliphatic carbocycles. The van der Waals surface area contributed by atoms with Crippen LogP contribution in [0.5, 0.6) is 0 Å². The molecule has 3 aromatic heterocycles. The fraction of sp³-hybridized carbons (Fsp3) is 0.320. The number of carboxylic acids is 1. The number of β-amino-alcohol motifs (C(OH)–C–C–N with tert-alkyl or cyclic N) is 1. The van der Waals surface area contributed by atoms with Gasteiger partial charge in [0.15, 0.2) is 0 Å². The number of aliphatic hydroxyl groups excluding tert-OH is 1. The van der Waals surface area contributed by atoms with Crippen molar-refractivity contribution in [2.24, 2.45) is 5.92 Å². The molecule has 0 saturated carbocycles. The molecule has 2 atom stereocenters. The predicted octanol–water partition coefficient (Wildman–Crippen LogP) is 4.30. The van der Waals surface area contributed by atoms with Gasteiger partial charge in [0.1, 0.15) is 11.3 Å². The van der Waals surface area contributed by atoms with Gasteiger partial charge in [-0.3, -0.25) is 14.7 Å². The zero-order valence-corrected chi connectivity index (χ0v) is 19.8. The van der Waals surface area contributed by atoms with E-state index in [0.29, 0.717) is 30.6 Å². The Morgan fingerprint density at radius 2 is 1.92 bits per heavy atom. The predicted molar refractivity (Wildman–Crippen MR) is 125 cm³/mol. The average Bonchev–Trinajstić information content (AvgIpc) is 3.57. The summed E-state index contributed by atoms with van der Waals surface area (Å²) >= 11 is 0. The van der Waals surface area contributed by atoms with Crippen molar-refractivity contribution in [2.45, 2.75) is 25.1 Å². The number of hydrogen-bond acceptors (Lipinski definition) is 9. The van der Waals surface area contributed by atoms with E-state index in [1.165, 1.54) is 18.3 Å². The molecule has 0 bridgehead atoms. The van der Waals surface area contributed by atoms with Gasteiger partial charge in [-0.15, -0.1) is 0 Å². The van der Waals surface area contributed by atoms with E-state index in [1.54, 1.807) is 30.3 Å². The first-order valence-electron chi connectivity index (χ1n) is 11.8. The van der Waals surface area contributed by atoms with Gasteiger partial charge in [-0.05, 0) is 37.1 Å². The molecule has 2 N–H and O–H groups in total. The number of likely N-dealkylation sites (tertiary alicyclic amines) is 1. The van der Waals surface area contributed by atoms with Crippen LogP contribution >= 0.6 is 0 Å². The van der Waals surface area contributed by atoms with Crippen molar-refractivity contribution < 1.29 is 37.2 Å². The topological polar surface area (TPSA) is 139 Å². The highest BCUT2D eigenvalue weighted by molar-refractivity contribution is 5.70. The molecule has 5 rings (SSSR count). The highest BCUT2D eigenvalue weighted by Crippen LogP contribution is 2.42. The number of aliphatic hydroxyl groups is 1. The van der Waals surface area contributed by atoms with Crippen LogP contribution in [0, 0.1) is 5.92 Å². The van der Waals surface area contributed by atoms with Crippen LogP contribution in [0.1, 0.15) is 30.1 Å². The van der Waals surface area contributed by atoms with E-state index in [9.17, 15) is 28.2 Å². The Bertz CT molecular complexity index is 1410. The maximum atomic E-state index is 13.9. The molecule has 10 nitrogen and oxygen atoms in total. The molecule has 0 amide bonds. The second kappa shape index (κ2) is 10.3. The summed E-state index contributed by atoms with van der Waals surface area (Å²) in [4.78, 5) is 21.2. The number of nitrogens with zero attached hydrogens (tertiary/aromatic N) is 5. The molecule has 0 spiro atoms. The highest BCUT2D eigenvalue weighted by Gasteiger charge is 2.43. The Balaban J connectivity index is 1.34. The minimum atomic E-state index is -4.83. The molecular weight excluding hydrogens is 507 g/mol. The number of carboxylic acid groups (broad SMARTS) is 1. The second-order valence-corrected chi connectivity index (χ2v) is 8.95. The smallest absolute Gasteiger partial charge is 0.422 e. The number of alkyl halides is 3. The van der Waals surface area contributed by atoms with Crippen molar-refractivity contribution in [3.8, 4) is 34.4 Å². The number of aliphatic carboxylic acids is 1. The summed E-state index contributed by atoms with van der Waals surface area (Å²) in [6.45, 7) is 1.35. The molecule has 4 heterocycles. The van der Waals surface area contributed by atoms with Gasteiger partial charge in [0.25, 0.3) is 5.89 Å². The van der Waals surface area contributed by atoms with Crippen molar-refractivity contribution in [3.63, 3.8) is 0 Å². The van der Waals surface area contributed by atoms with Gasteiger partial charge in [0.2, 0.25) is 11.6 Å². The molecule has 1 aliphatic heterocycles. The first-order valence-corrected chi connectivity index (χ1v) is 11.8. The van der Waals surface area contributed by atoms with E-state index in [2.05, 4.69) is 20.3 Å². The first kappa shape index (κ1) is 25.5. The Labute approximate surface area is 213 Å². The Morgan fingerprint density at radius 3 is 2.61 bits per heavy atom. The second-order valence-electron chi connectivity index (χ2n) is 8.95. The monoisotopic (exact) mass is 529 g/mol. The number of benzene rings is 1. The largest absolute Gasteiger partial charge is 0.481 e. The van der Waals surface area contributed by atoms with Gasteiger partial charge in [-0.2, -0.15) is 18.2 Å². The van der Waals surface area contributed by atoms with Gasteiger partial charge in [-0.25, -0.2) is 0 Å². The van der Waals surface area contributed by atoms with Gasteiger partial charge in [-0.1, -0.05) is 40.6 Å². The third-order valence-corrected chi connectivity index (χ3v) is 6.34. The van der Waals surface area contributed by atoms with Crippen LogP contribution in [0.2, 0.25) is 0 Å². The Morgan fingerprint density at radius 1 is 1.13 bits per heavy atom. The number of hydrogen-bond donors (Lipinski definition) is 2. The van der Waals surface area contributed by atoms with Gasteiger partial charge >= 0.3 is 12.1 Å². The van der Waals surface area contributed by atoms with Crippen molar-refractivity contribution in [1.29, 1.82) is 0 Å². The number of halogens is 3. The van der Waals surface area contributed by atoms with Crippen LogP contribution in [0.15, 0.2) is 57.7 Å². The molecule has 1 aliphatic rings. The number of pyridine rings is 1. The minimum Gasteiger partial charge on any atom is -0.481 e. The average molecular weight is 529 g/mol. The van der Waals surface area contributed by atoms with E-state index >= 15 is 0 Å². The molecule has 38 heavy (non-hydrogen) atoms. The number of carbonyl (C=O) groups is 1. The molecule has 198 valence electrons. The summed E-state index contributed by atoms with van der Waals surface area (Å²) < 4.78 is 51.8. The number of rotatable bonds is 7. The molecule has 0 radical (unpaired) electrons. The summed E-state index contributed by atoms with van der Waals surface area (Å²) in [7, 11) is 0. The van der Waals surface area contributed by atoms with Crippen molar-refractivity contribution in [1.82, 2.24) is 25.2 Å². The van der Waals surface area contributed by atoms with E-state index < -0.39 is 47.1 Å². The normalized spacial score (nSPS) is 17.4. The number of aromatic nitrogens is 4. The van der Waals surface area contributed by atoms with E-state index in [4.69, 9.17) is 9.05 Å². The third-order valence-electron chi connectivity index (χ3n) is 6.34. The summed E-state index contributed by atoms with van der Waals surface area (Å²) in [6, 6.07) is 11.0. The Kier molecular flexibility index (Phi) is 6.95.